The van der Waals surface area contributed by atoms with E-state index in [0.29, 0.717) is 0 Å². The largest absolute Gasteiger partial charge is 0.460 e. The average Bonchev–Trinajstić information content (AvgIpc) is 2.58. The van der Waals surface area contributed by atoms with Crippen molar-refractivity contribution < 1.29 is 79.0 Å². The van der Waals surface area contributed by atoms with Crippen LogP contribution in [0, 0.1) is 0 Å². The van der Waals surface area contributed by atoms with Crippen molar-refractivity contribution in [3.8, 4) is 0 Å². The minimum absolute atomic E-state index is 0.589. The maximum absolute atomic E-state index is 13.2. The Hall–Kier alpha value is -1.26. The van der Waals surface area contributed by atoms with Crippen molar-refractivity contribution in [2.75, 3.05) is 0 Å². The first-order valence-corrected chi connectivity index (χ1v) is 8.61. The standard InChI is InChI=1S/C15H14F18/c16-8(17,10(20,21)12(24,25)14(28,29)30)6-4-2-1-3-5-7-9(18,19)11(22,23)13(26,27)15(31,32)33/h1-7H2. The van der Waals surface area contributed by atoms with Crippen LogP contribution in [0.2, 0.25) is 0 Å². The third kappa shape index (κ3) is 6.06. The fourth-order valence-electron chi connectivity index (χ4n) is 2.35. The Balaban J connectivity index is 4.77. The van der Waals surface area contributed by atoms with E-state index in [0.717, 1.165) is 0 Å². The van der Waals surface area contributed by atoms with Gasteiger partial charge >= 0.3 is 47.9 Å². The molecule has 0 amide bonds. The molecule has 0 N–H and O–H groups in total. The van der Waals surface area contributed by atoms with Crippen LogP contribution >= 0.6 is 0 Å². The first kappa shape index (κ1) is 31.7. The SMILES string of the molecule is FC(F)(F)C(F)(F)C(F)(F)C(F)(F)CCCCCCCC(F)(F)C(F)(F)C(F)(F)C(F)(F)F. The molecule has 0 heterocycles. The Morgan fingerprint density at radius 3 is 0.697 bits per heavy atom. The van der Waals surface area contributed by atoms with Crippen LogP contribution in [-0.2, 0) is 0 Å². The highest BCUT2D eigenvalue weighted by atomic mass is 19.4. The second-order valence-corrected chi connectivity index (χ2v) is 6.97. The van der Waals surface area contributed by atoms with E-state index in [1.54, 1.807) is 0 Å². The Labute approximate surface area is 173 Å². The van der Waals surface area contributed by atoms with Crippen LogP contribution in [-0.4, -0.2) is 47.9 Å². The third-order valence-electron chi connectivity index (χ3n) is 4.40. The van der Waals surface area contributed by atoms with Crippen molar-refractivity contribution in [1.82, 2.24) is 0 Å². The van der Waals surface area contributed by atoms with Crippen molar-refractivity contribution in [1.29, 1.82) is 0 Å². The molecule has 0 aliphatic rings. The number of rotatable bonds is 12. The Morgan fingerprint density at radius 2 is 0.485 bits per heavy atom. The first-order valence-electron chi connectivity index (χ1n) is 8.61. The van der Waals surface area contributed by atoms with Gasteiger partial charge in [-0.2, -0.15) is 79.0 Å². The van der Waals surface area contributed by atoms with Crippen molar-refractivity contribution in [2.45, 2.75) is 92.8 Å². The molecule has 0 saturated carbocycles. The van der Waals surface area contributed by atoms with Gasteiger partial charge in [0.25, 0.3) is 0 Å². The van der Waals surface area contributed by atoms with Crippen molar-refractivity contribution in [3.05, 3.63) is 0 Å². The molecule has 0 fully saturated rings. The molecule has 0 saturated heterocycles. The molecule has 0 atom stereocenters. The lowest BCUT2D eigenvalue weighted by Crippen LogP contribution is -2.60. The average molecular weight is 536 g/mol. The summed E-state index contributed by atoms with van der Waals surface area (Å²) in [7, 11) is 0. The van der Waals surface area contributed by atoms with Gasteiger partial charge in [0.05, 0.1) is 0 Å². The normalized spacial score (nSPS) is 15.8. The zero-order valence-corrected chi connectivity index (χ0v) is 15.8. The summed E-state index contributed by atoms with van der Waals surface area (Å²) < 4.78 is 227. The molecule has 0 nitrogen and oxygen atoms in total. The van der Waals surface area contributed by atoms with Gasteiger partial charge in [-0.05, 0) is 12.8 Å². The van der Waals surface area contributed by atoms with Gasteiger partial charge in [0.15, 0.2) is 0 Å². The molecule has 0 aliphatic carbocycles. The lowest BCUT2D eigenvalue weighted by molar-refractivity contribution is -0.396. The molecule has 18 heteroatoms. The van der Waals surface area contributed by atoms with Gasteiger partial charge in [-0.25, -0.2) is 0 Å². The summed E-state index contributed by atoms with van der Waals surface area (Å²) in [6.07, 6.45) is -22.9. The Kier molecular flexibility index (Phi) is 9.05. The minimum Gasteiger partial charge on any atom is -0.200 e. The Bertz CT molecular complexity index is 572. The monoisotopic (exact) mass is 536 g/mol. The molecule has 0 aromatic heterocycles. The van der Waals surface area contributed by atoms with Gasteiger partial charge < -0.3 is 0 Å². The van der Waals surface area contributed by atoms with Crippen molar-refractivity contribution in [2.24, 2.45) is 0 Å². The van der Waals surface area contributed by atoms with Crippen LogP contribution in [0.3, 0.4) is 0 Å². The highest BCUT2D eigenvalue weighted by Gasteiger charge is 2.82. The lowest BCUT2D eigenvalue weighted by atomic mass is 9.96. The van der Waals surface area contributed by atoms with E-state index in [-0.39, 0.29) is 0 Å². The highest BCUT2D eigenvalue weighted by molar-refractivity contribution is 5.01. The summed E-state index contributed by atoms with van der Waals surface area (Å²) in [6.45, 7) is 0. The number of halogens is 18. The molecule has 0 bridgehead atoms. The van der Waals surface area contributed by atoms with Crippen LogP contribution < -0.4 is 0 Å². The summed E-state index contributed by atoms with van der Waals surface area (Å²) in [5, 5.41) is 0. The van der Waals surface area contributed by atoms with E-state index in [1.165, 1.54) is 0 Å². The zero-order valence-electron chi connectivity index (χ0n) is 15.8. The van der Waals surface area contributed by atoms with E-state index in [2.05, 4.69) is 0 Å². The molecule has 0 unspecified atom stereocenters. The predicted octanol–water partition coefficient (Wildman–Crippen LogP) is 8.65. The van der Waals surface area contributed by atoms with Crippen LogP contribution in [0.1, 0.15) is 44.9 Å². The number of hydrogen-bond acceptors (Lipinski definition) is 0. The summed E-state index contributed by atoms with van der Waals surface area (Å²) in [4.78, 5) is 0. The maximum Gasteiger partial charge on any atom is 0.460 e. The van der Waals surface area contributed by atoms with Crippen LogP contribution in [0.15, 0.2) is 0 Å². The number of hydrogen-bond donors (Lipinski definition) is 0. The van der Waals surface area contributed by atoms with Gasteiger partial charge in [-0.3, -0.25) is 0 Å². The van der Waals surface area contributed by atoms with E-state index in [9.17, 15) is 79.0 Å². The summed E-state index contributed by atoms with van der Waals surface area (Å²) in [5.41, 5.74) is 0. The maximum atomic E-state index is 13.2. The summed E-state index contributed by atoms with van der Waals surface area (Å²) >= 11 is 0. The second kappa shape index (κ2) is 9.41. The molecule has 0 aromatic rings. The Morgan fingerprint density at radius 1 is 0.273 bits per heavy atom. The van der Waals surface area contributed by atoms with Gasteiger partial charge in [0, 0.05) is 12.8 Å². The molecule has 0 rings (SSSR count). The van der Waals surface area contributed by atoms with Crippen LogP contribution in [0.25, 0.3) is 0 Å². The van der Waals surface area contributed by atoms with Crippen LogP contribution in [0.4, 0.5) is 79.0 Å². The third-order valence-corrected chi connectivity index (χ3v) is 4.40. The van der Waals surface area contributed by atoms with E-state index in [1.807, 2.05) is 0 Å². The van der Waals surface area contributed by atoms with Gasteiger partial charge in [0.1, 0.15) is 0 Å². The molecule has 200 valence electrons. The summed E-state index contributed by atoms with van der Waals surface area (Å²) in [5.74, 6) is -39.6. The molecule has 33 heavy (non-hydrogen) atoms. The number of unbranched alkanes of at least 4 members (excludes halogenated alkanes) is 4. The minimum atomic E-state index is -7.10. The molecular weight excluding hydrogens is 522 g/mol. The molecule has 0 spiro atoms. The first-order chi connectivity index (χ1) is 14.2. The van der Waals surface area contributed by atoms with E-state index in [4.69, 9.17) is 0 Å². The smallest absolute Gasteiger partial charge is 0.200 e. The van der Waals surface area contributed by atoms with E-state index >= 15 is 0 Å². The van der Waals surface area contributed by atoms with Crippen molar-refractivity contribution >= 4 is 0 Å². The fraction of sp³-hybridized carbons (Fsp3) is 1.00. The molecular formula is C15H14F18. The number of alkyl halides is 18. The van der Waals surface area contributed by atoms with Crippen LogP contribution in [0.5, 0.6) is 0 Å². The molecule has 0 aromatic carbocycles. The molecule has 0 aliphatic heterocycles. The van der Waals surface area contributed by atoms with E-state index < -0.39 is 92.8 Å². The molecule has 0 radical (unpaired) electrons. The van der Waals surface area contributed by atoms with Crippen molar-refractivity contribution in [3.63, 3.8) is 0 Å². The quantitative estimate of drug-likeness (QED) is 0.173. The fourth-order valence-corrected chi connectivity index (χ4v) is 2.35. The lowest BCUT2D eigenvalue weighted by Gasteiger charge is -2.33. The van der Waals surface area contributed by atoms with Gasteiger partial charge in [-0.15, -0.1) is 0 Å². The predicted molar refractivity (Wildman–Crippen MR) is 74.1 cm³/mol. The zero-order chi connectivity index (χ0) is 26.9. The highest BCUT2D eigenvalue weighted by Crippen LogP contribution is 2.55. The topological polar surface area (TPSA) is 0 Å². The second-order valence-electron chi connectivity index (χ2n) is 6.97. The van der Waals surface area contributed by atoms with Gasteiger partial charge in [0.2, 0.25) is 0 Å². The summed E-state index contributed by atoms with van der Waals surface area (Å²) in [6, 6.07) is 0. The van der Waals surface area contributed by atoms with Gasteiger partial charge in [-0.1, -0.05) is 19.3 Å².